The Bertz CT molecular complexity index is 961. The summed E-state index contributed by atoms with van der Waals surface area (Å²) in [4.78, 5) is 27.2. The summed E-state index contributed by atoms with van der Waals surface area (Å²) >= 11 is 0. The fourth-order valence-corrected chi connectivity index (χ4v) is 3.72. The number of Topliss-reactive ketones (excluding diaryl/α,β-unsaturated/α-hetero) is 1. The fourth-order valence-electron chi connectivity index (χ4n) is 3.72. The Kier molecular flexibility index (Phi) is 5.54. The van der Waals surface area contributed by atoms with Gasteiger partial charge < -0.3 is 14.7 Å². The molecule has 0 bridgehead atoms. The molecule has 0 aromatic heterocycles. The third-order valence-corrected chi connectivity index (χ3v) is 5.10. The standard InChI is InChI=1S/C23H25NO4/c1-5-12-24-20(16-9-7-6-8-15(16)3)19(22(26)23(24)27)21(25)17-13-14(2)10-11-18(17)28-4/h6-11,13,20,25H,5,12H2,1-4H3/b21-19+. The molecular weight excluding hydrogens is 354 g/mol. The summed E-state index contributed by atoms with van der Waals surface area (Å²) in [6, 6.07) is 12.4. The molecule has 1 amide bonds. The van der Waals surface area contributed by atoms with Crippen LogP contribution in [0.3, 0.4) is 0 Å². The van der Waals surface area contributed by atoms with Crippen LogP contribution < -0.4 is 4.74 Å². The van der Waals surface area contributed by atoms with Crippen molar-refractivity contribution >= 4 is 17.4 Å². The van der Waals surface area contributed by atoms with Crippen molar-refractivity contribution in [2.45, 2.75) is 33.2 Å². The van der Waals surface area contributed by atoms with Crippen LogP contribution in [0.1, 0.15) is 41.6 Å². The van der Waals surface area contributed by atoms with E-state index >= 15 is 0 Å². The van der Waals surface area contributed by atoms with Gasteiger partial charge in [0.2, 0.25) is 0 Å². The maximum absolute atomic E-state index is 12.9. The van der Waals surface area contributed by atoms with Crippen LogP contribution in [0.25, 0.3) is 5.76 Å². The van der Waals surface area contributed by atoms with Crippen molar-refractivity contribution in [3.8, 4) is 5.75 Å². The Morgan fingerprint density at radius 2 is 1.86 bits per heavy atom. The second-order valence-electron chi connectivity index (χ2n) is 7.05. The second kappa shape index (κ2) is 7.89. The minimum Gasteiger partial charge on any atom is -0.507 e. The normalized spacial score (nSPS) is 18.6. The minimum atomic E-state index is -0.664. The lowest BCUT2D eigenvalue weighted by molar-refractivity contribution is -0.139. The van der Waals surface area contributed by atoms with E-state index in [1.54, 1.807) is 17.0 Å². The molecule has 1 heterocycles. The highest BCUT2D eigenvalue weighted by atomic mass is 16.5. The molecule has 1 aliphatic heterocycles. The lowest BCUT2D eigenvalue weighted by Crippen LogP contribution is -2.30. The van der Waals surface area contributed by atoms with E-state index in [9.17, 15) is 14.7 Å². The number of hydrogen-bond acceptors (Lipinski definition) is 4. The molecule has 2 aromatic rings. The van der Waals surface area contributed by atoms with Crippen LogP contribution in [0.5, 0.6) is 5.75 Å². The third-order valence-electron chi connectivity index (χ3n) is 5.10. The zero-order valence-corrected chi connectivity index (χ0v) is 16.7. The van der Waals surface area contributed by atoms with Crippen LogP contribution in [-0.4, -0.2) is 35.4 Å². The molecule has 5 heteroatoms. The SMILES string of the molecule is CCCN1C(=O)C(=O)/C(=C(/O)c2cc(C)ccc2OC)C1c1ccccc1C. The van der Waals surface area contributed by atoms with Crippen LogP contribution in [0.4, 0.5) is 0 Å². The Hall–Kier alpha value is -3.08. The van der Waals surface area contributed by atoms with Gasteiger partial charge in [0.05, 0.1) is 24.3 Å². The first-order chi connectivity index (χ1) is 13.4. The minimum absolute atomic E-state index is 0.108. The predicted molar refractivity (Wildman–Crippen MR) is 108 cm³/mol. The van der Waals surface area contributed by atoms with E-state index in [0.717, 1.165) is 16.7 Å². The zero-order chi connectivity index (χ0) is 20.4. The quantitative estimate of drug-likeness (QED) is 0.482. The molecule has 0 aliphatic carbocycles. The molecule has 0 saturated carbocycles. The molecule has 1 aliphatic rings. The number of aryl methyl sites for hydroxylation is 2. The number of ether oxygens (including phenoxy) is 1. The molecule has 2 aromatic carbocycles. The summed E-state index contributed by atoms with van der Waals surface area (Å²) in [6.07, 6.45) is 0.712. The molecule has 1 fully saturated rings. The lowest BCUT2D eigenvalue weighted by Gasteiger charge is -2.26. The topological polar surface area (TPSA) is 66.8 Å². The average Bonchev–Trinajstić information content (AvgIpc) is 2.93. The maximum Gasteiger partial charge on any atom is 0.295 e. The molecule has 0 spiro atoms. The van der Waals surface area contributed by atoms with Crippen LogP contribution in [0, 0.1) is 13.8 Å². The van der Waals surface area contributed by atoms with Gasteiger partial charge in [-0.05, 0) is 43.5 Å². The molecule has 5 nitrogen and oxygen atoms in total. The van der Waals surface area contributed by atoms with Gasteiger partial charge in [0, 0.05) is 6.54 Å². The molecular formula is C23H25NO4. The van der Waals surface area contributed by atoms with Crippen molar-refractivity contribution < 1.29 is 19.4 Å². The van der Waals surface area contributed by atoms with E-state index in [2.05, 4.69) is 0 Å². The first-order valence-electron chi connectivity index (χ1n) is 9.39. The van der Waals surface area contributed by atoms with Crippen molar-refractivity contribution in [1.82, 2.24) is 4.90 Å². The molecule has 0 radical (unpaired) electrons. The van der Waals surface area contributed by atoms with E-state index in [0.29, 0.717) is 24.3 Å². The summed E-state index contributed by atoms with van der Waals surface area (Å²) in [6.45, 7) is 6.22. The number of hydrogen-bond donors (Lipinski definition) is 1. The smallest absolute Gasteiger partial charge is 0.295 e. The summed E-state index contributed by atoms with van der Waals surface area (Å²) < 4.78 is 5.38. The van der Waals surface area contributed by atoms with Gasteiger partial charge >= 0.3 is 0 Å². The van der Waals surface area contributed by atoms with Gasteiger partial charge in [-0.2, -0.15) is 0 Å². The van der Waals surface area contributed by atoms with Gasteiger partial charge in [-0.25, -0.2) is 0 Å². The summed E-state index contributed by atoms with van der Waals surface area (Å²) in [5.74, 6) is -0.995. The number of nitrogens with zero attached hydrogens (tertiary/aromatic N) is 1. The molecule has 1 atom stereocenters. The molecule has 146 valence electrons. The number of carbonyl (C=O) groups excluding carboxylic acids is 2. The third kappa shape index (κ3) is 3.28. The van der Waals surface area contributed by atoms with Crippen LogP contribution in [0.2, 0.25) is 0 Å². The summed E-state index contributed by atoms with van der Waals surface area (Å²) in [7, 11) is 1.51. The van der Waals surface area contributed by atoms with Crippen molar-refractivity contribution in [1.29, 1.82) is 0 Å². The molecule has 1 N–H and O–H groups in total. The largest absolute Gasteiger partial charge is 0.507 e. The fraction of sp³-hybridized carbons (Fsp3) is 0.304. The molecule has 1 unspecified atom stereocenters. The van der Waals surface area contributed by atoms with Crippen molar-refractivity contribution in [2.75, 3.05) is 13.7 Å². The number of likely N-dealkylation sites (tertiary alicyclic amines) is 1. The lowest BCUT2D eigenvalue weighted by atomic mass is 9.92. The number of amides is 1. The highest BCUT2D eigenvalue weighted by molar-refractivity contribution is 6.46. The van der Waals surface area contributed by atoms with Gasteiger partial charge in [-0.15, -0.1) is 0 Å². The van der Waals surface area contributed by atoms with Crippen LogP contribution >= 0.6 is 0 Å². The highest BCUT2D eigenvalue weighted by Crippen LogP contribution is 2.41. The summed E-state index contributed by atoms with van der Waals surface area (Å²) in [5.41, 5.74) is 3.23. The highest BCUT2D eigenvalue weighted by Gasteiger charge is 2.46. The zero-order valence-electron chi connectivity index (χ0n) is 16.7. The van der Waals surface area contributed by atoms with Gasteiger partial charge in [-0.1, -0.05) is 42.8 Å². The van der Waals surface area contributed by atoms with Gasteiger partial charge in [0.1, 0.15) is 11.5 Å². The Morgan fingerprint density at radius 1 is 1.14 bits per heavy atom. The summed E-state index contributed by atoms with van der Waals surface area (Å²) in [5, 5.41) is 11.2. The average molecular weight is 379 g/mol. The van der Waals surface area contributed by atoms with E-state index < -0.39 is 17.7 Å². The number of carbonyl (C=O) groups is 2. The van der Waals surface area contributed by atoms with E-state index in [-0.39, 0.29) is 11.3 Å². The Balaban J connectivity index is 2.28. The first kappa shape index (κ1) is 19.7. The first-order valence-corrected chi connectivity index (χ1v) is 9.39. The molecule has 3 rings (SSSR count). The van der Waals surface area contributed by atoms with Crippen molar-refractivity contribution in [2.24, 2.45) is 0 Å². The number of rotatable bonds is 5. The van der Waals surface area contributed by atoms with E-state index in [4.69, 9.17) is 4.74 Å². The Labute approximate surface area is 165 Å². The van der Waals surface area contributed by atoms with Gasteiger partial charge in [-0.3, -0.25) is 9.59 Å². The maximum atomic E-state index is 12.9. The van der Waals surface area contributed by atoms with Gasteiger partial charge in [0.15, 0.2) is 0 Å². The van der Waals surface area contributed by atoms with Crippen LogP contribution in [0.15, 0.2) is 48.0 Å². The monoisotopic (exact) mass is 379 g/mol. The number of aliphatic hydroxyl groups is 1. The van der Waals surface area contributed by atoms with Gasteiger partial charge in [0.25, 0.3) is 11.7 Å². The number of benzene rings is 2. The van der Waals surface area contributed by atoms with E-state index in [1.807, 2.05) is 51.1 Å². The second-order valence-corrected chi connectivity index (χ2v) is 7.05. The van der Waals surface area contributed by atoms with Crippen LogP contribution in [-0.2, 0) is 9.59 Å². The predicted octanol–water partition coefficient (Wildman–Crippen LogP) is 4.14. The van der Waals surface area contributed by atoms with E-state index in [1.165, 1.54) is 7.11 Å². The molecule has 28 heavy (non-hydrogen) atoms. The number of methoxy groups -OCH3 is 1. The number of aliphatic hydroxyl groups excluding tert-OH is 1. The molecule has 1 saturated heterocycles. The Morgan fingerprint density at radius 3 is 2.50 bits per heavy atom. The van der Waals surface area contributed by atoms with Crippen molar-refractivity contribution in [3.63, 3.8) is 0 Å². The van der Waals surface area contributed by atoms with Crippen molar-refractivity contribution in [3.05, 3.63) is 70.3 Å². The number of ketones is 1.